The first-order valence-corrected chi connectivity index (χ1v) is 9.40. The van der Waals surface area contributed by atoms with Gasteiger partial charge in [-0.05, 0) is 53.0 Å². The van der Waals surface area contributed by atoms with E-state index in [4.69, 9.17) is 0 Å². The van der Waals surface area contributed by atoms with Crippen molar-refractivity contribution in [2.45, 2.75) is 25.7 Å². The zero-order valence-corrected chi connectivity index (χ0v) is 15.6. The number of amides is 2. The van der Waals surface area contributed by atoms with Gasteiger partial charge in [-0.3, -0.25) is 9.59 Å². The van der Waals surface area contributed by atoms with Gasteiger partial charge in [0.25, 0.3) is 11.8 Å². The molecule has 25 heavy (non-hydrogen) atoms. The molecule has 2 amide bonds. The SMILES string of the molecule is O=C(Nc1ccccc1C(=O)N1CCCCCC1)c1ccccc1Br. The van der Waals surface area contributed by atoms with E-state index in [2.05, 4.69) is 21.2 Å². The van der Waals surface area contributed by atoms with Crippen LogP contribution in [0.15, 0.2) is 53.0 Å². The number of halogens is 1. The molecule has 0 atom stereocenters. The Hall–Kier alpha value is -2.14. The van der Waals surface area contributed by atoms with E-state index < -0.39 is 0 Å². The molecule has 4 nitrogen and oxygen atoms in total. The van der Waals surface area contributed by atoms with Crippen molar-refractivity contribution in [3.63, 3.8) is 0 Å². The highest BCUT2D eigenvalue weighted by atomic mass is 79.9. The smallest absolute Gasteiger partial charge is 0.256 e. The Labute approximate surface area is 156 Å². The maximum atomic E-state index is 12.9. The molecule has 1 heterocycles. The first-order valence-electron chi connectivity index (χ1n) is 8.61. The highest BCUT2D eigenvalue weighted by Crippen LogP contribution is 2.22. The van der Waals surface area contributed by atoms with E-state index >= 15 is 0 Å². The fraction of sp³-hybridized carbons (Fsp3) is 0.300. The van der Waals surface area contributed by atoms with E-state index in [1.807, 2.05) is 35.2 Å². The largest absolute Gasteiger partial charge is 0.339 e. The minimum absolute atomic E-state index is 0.00933. The Balaban J connectivity index is 1.82. The predicted octanol–water partition coefficient (Wildman–Crippen LogP) is 4.72. The number of anilines is 1. The van der Waals surface area contributed by atoms with Gasteiger partial charge < -0.3 is 10.2 Å². The van der Waals surface area contributed by atoms with Gasteiger partial charge in [0, 0.05) is 17.6 Å². The molecule has 2 aromatic carbocycles. The third-order valence-corrected chi connectivity index (χ3v) is 5.11. The predicted molar refractivity (Wildman–Crippen MR) is 103 cm³/mol. The van der Waals surface area contributed by atoms with Gasteiger partial charge in [0.05, 0.1) is 16.8 Å². The fourth-order valence-corrected chi connectivity index (χ4v) is 3.52. The Morgan fingerprint density at radius 1 is 0.840 bits per heavy atom. The topological polar surface area (TPSA) is 49.4 Å². The fourth-order valence-electron chi connectivity index (χ4n) is 3.06. The van der Waals surface area contributed by atoms with E-state index in [-0.39, 0.29) is 11.8 Å². The molecule has 5 heteroatoms. The minimum atomic E-state index is -0.233. The zero-order valence-electron chi connectivity index (χ0n) is 14.0. The molecule has 0 radical (unpaired) electrons. The molecule has 1 aliphatic rings. The van der Waals surface area contributed by atoms with Crippen LogP contribution in [0.1, 0.15) is 46.4 Å². The van der Waals surface area contributed by atoms with Crippen LogP contribution in [0, 0.1) is 0 Å². The van der Waals surface area contributed by atoms with Crippen molar-refractivity contribution in [3.05, 3.63) is 64.1 Å². The standard InChI is InChI=1S/C20H21BrN2O2/c21-17-11-5-3-9-15(17)19(24)22-18-12-6-4-10-16(18)20(25)23-13-7-1-2-8-14-23/h3-6,9-12H,1-2,7-8,13-14H2,(H,22,24). The second kappa shape index (κ2) is 8.30. The van der Waals surface area contributed by atoms with Crippen LogP contribution >= 0.6 is 15.9 Å². The van der Waals surface area contributed by atoms with Gasteiger partial charge in [-0.25, -0.2) is 0 Å². The van der Waals surface area contributed by atoms with Crippen LogP contribution in [-0.2, 0) is 0 Å². The first-order chi connectivity index (χ1) is 12.2. The summed E-state index contributed by atoms with van der Waals surface area (Å²) in [6.07, 6.45) is 4.42. The molecule has 1 N–H and O–H groups in total. The third kappa shape index (κ3) is 4.28. The molecule has 0 aliphatic carbocycles. The molecule has 0 aromatic heterocycles. The van der Waals surface area contributed by atoms with Crippen molar-refractivity contribution in [1.29, 1.82) is 0 Å². The van der Waals surface area contributed by atoms with E-state index in [1.165, 1.54) is 12.8 Å². The van der Waals surface area contributed by atoms with Crippen LogP contribution in [0.25, 0.3) is 0 Å². The lowest BCUT2D eigenvalue weighted by Crippen LogP contribution is -2.32. The molecule has 0 unspecified atom stereocenters. The van der Waals surface area contributed by atoms with Crippen LogP contribution in [0.3, 0.4) is 0 Å². The summed E-state index contributed by atoms with van der Waals surface area (Å²) in [6.45, 7) is 1.57. The molecule has 2 aromatic rings. The normalized spacial score (nSPS) is 14.7. The molecule has 1 fully saturated rings. The van der Waals surface area contributed by atoms with Gasteiger partial charge in [0.1, 0.15) is 0 Å². The summed E-state index contributed by atoms with van der Waals surface area (Å²) in [5.74, 6) is -0.242. The number of carbonyl (C=O) groups excluding carboxylic acids is 2. The molecular weight excluding hydrogens is 380 g/mol. The maximum absolute atomic E-state index is 12.9. The van der Waals surface area contributed by atoms with Gasteiger partial charge in [-0.15, -0.1) is 0 Å². The number of nitrogens with zero attached hydrogens (tertiary/aromatic N) is 1. The van der Waals surface area contributed by atoms with Crippen LogP contribution in [0.4, 0.5) is 5.69 Å². The summed E-state index contributed by atoms with van der Waals surface area (Å²) in [6, 6.07) is 14.5. The average molecular weight is 401 g/mol. The monoisotopic (exact) mass is 400 g/mol. The molecule has 3 rings (SSSR count). The van der Waals surface area contributed by atoms with Crippen LogP contribution in [-0.4, -0.2) is 29.8 Å². The second-order valence-electron chi connectivity index (χ2n) is 6.19. The van der Waals surface area contributed by atoms with Gasteiger partial charge >= 0.3 is 0 Å². The van der Waals surface area contributed by atoms with Crippen molar-refractivity contribution in [2.24, 2.45) is 0 Å². The van der Waals surface area contributed by atoms with Gasteiger partial charge in [0.2, 0.25) is 0 Å². The van der Waals surface area contributed by atoms with Gasteiger partial charge in [-0.2, -0.15) is 0 Å². The number of hydrogen-bond donors (Lipinski definition) is 1. The zero-order chi connectivity index (χ0) is 17.6. The Morgan fingerprint density at radius 2 is 1.44 bits per heavy atom. The molecule has 1 saturated heterocycles. The van der Waals surface area contributed by atoms with Crippen molar-refractivity contribution < 1.29 is 9.59 Å². The van der Waals surface area contributed by atoms with Crippen LogP contribution in [0.2, 0.25) is 0 Å². The maximum Gasteiger partial charge on any atom is 0.256 e. The summed E-state index contributed by atoms with van der Waals surface area (Å²) < 4.78 is 0.726. The van der Waals surface area contributed by atoms with E-state index in [0.717, 1.165) is 30.4 Å². The molecule has 130 valence electrons. The van der Waals surface area contributed by atoms with E-state index in [1.54, 1.807) is 18.2 Å². The second-order valence-corrected chi connectivity index (χ2v) is 7.04. The summed E-state index contributed by atoms with van der Waals surface area (Å²) in [7, 11) is 0. The molecule has 0 saturated carbocycles. The third-order valence-electron chi connectivity index (χ3n) is 4.42. The lowest BCUT2D eigenvalue weighted by Gasteiger charge is -2.22. The highest BCUT2D eigenvalue weighted by molar-refractivity contribution is 9.10. The number of para-hydroxylation sites is 1. The molecular formula is C20H21BrN2O2. The Morgan fingerprint density at radius 3 is 2.12 bits per heavy atom. The Bertz CT molecular complexity index is 768. The minimum Gasteiger partial charge on any atom is -0.339 e. The van der Waals surface area contributed by atoms with Crippen molar-refractivity contribution in [3.8, 4) is 0 Å². The van der Waals surface area contributed by atoms with E-state index in [9.17, 15) is 9.59 Å². The van der Waals surface area contributed by atoms with Gasteiger partial charge in [0.15, 0.2) is 0 Å². The quantitative estimate of drug-likeness (QED) is 0.809. The summed E-state index contributed by atoms with van der Waals surface area (Å²) >= 11 is 3.39. The number of benzene rings is 2. The lowest BCUT2D eigenvalue weighted by atomic mass is 10.1. The Kier molecular flexibility index (Phi) is 5.87. The molecule has 0 spiro atoms. The van der Waals surface area contributed by atoms with Crippen LogP contribution < -0.4 is 5.32 Å². The molecule has 1 aliphatic heterocycles. The molecule has 0 bridgehead atoms. The van der Waals surface area contributed by atoms with Crippen molar-refractivity contribution in [1.82, 2.24) is 4.90 Å². The lowest BCUT2D eigenvalue weighted by molar-refractivity contribution is 0.0762. The van der Waals surface area contributed by atoms with E-state index in [0.29, 0.717) is 16.8 Å². The summed E-state index contributed by atoms with van der Waals surface area (Å²) in [4.78, 5) is 27.4. The highest BCUT2D eigenvalue weighted by Gasteiger charge is 2.21. The number of nitrogens with one attached hydrogen (secondary N) is 1. The van der Waals surface area contributed by atoms with Crippen molar-refractivity contribution >= 4 is 33.4 Å². The van der Waals surface area contributed by atoms with Crippen molar-refractivity contribution in [2.75, 3.05) is 18.4 Å². The number of likely N-dealkylation sites (tertiary alicyclic amines) is 1. The van der Waals surface area contributed by atoms with Crippen LogP contribution in [0.5, 0.6) is 0 Å². The summed E-state index contributed by atoms with van der Waals surface area (Å²) in [5, 5.41) is 2.89. The first kappa shape index (κ1) is 17.7. The number of rotatable bonds is 3. The van der Waals surface area contributed by atoms with Gasteiger partial charge in [-0.1, -0.05) is 37.1 Å². The number of hydrogen-bond acceptors (Lipinski definition) is 2. The number of carbonyl (C=O) groups is 2. The average Bonchev–Trinajstić information content (AvgIpc) is 2.91. The summed E-state index contributed by atoms with van der Waals surface area (Å²) in [5.41, 5.74) is 1.64.